The summed E-state index contributed by atoms with van der Waals surface area (Å²) in [4.78, 5) is 31.8. The third kappa shape index (κ3) is 6.68. The number of halogens is 1. The highest BCUT2D eigenvalue weighted by molar-refractivity contribution is 5.87. The van der Waals surface area contributed by atoms with Gasteiger partial charge >= 0.3 is 6.03 Å². The summed E-state index contributed by atoms with van der Waals surface area (Å²) in [7, 11) is 0. The van der Waals surface area contributed by atoms with Crippen molar-refractivity contribution in [3.8, 4) is 0 Å². The maximum absolute atomic E-state index is 13.4. The van der Waals surface area contributed by atoms with Gasteiger partial charge in [0.1, 0.15) is 12.2 Å². The summed E-state index contributed by atoms with van der Waals surface area (Å²) >= 11 is 0. The average molecular weight is 463 g/mol. The Morgan fingerprint density at radius 2 is 1.91 bits per heavy atom. The van der Waals surface area contributed by atoms with E-state index >= 15 is 0 Å². The fourth-order valence-corrected chi connectivity index (χ4v) is 5.42. The van der Waals surface area contributed by atoms with Crippen LogP contribution in [0.3, 0.4) is 0 Å². The van der Waals surface area contributed by atoms with Crippen molar-refractivity contribution in [2.24, 2.45) is 5.92 Å². The number of amides is 3. The molecule has 0 unspecified atom stereocenters. The van der Waals surface area contributed by atoms with Crippen molar-refractivity contribution < 1.29 is 14.0 Å². The predicted molar refractivity (Wildman–Crippen MR) is 125 cm³/mol. The molecule has 0 radical (unpaired) electrons. The minimum absolute atomic E-state index is 0.117. The Labute approximate surface area is 196 Å². The third-order valence-corrected chi connectivity index (χ3v) is 7.45. The Hall–Kier alpha value is -2.16. The number of rotatable bonds is 7. The van der Waals surface area contributed by atoms with Crippen LogP contribution in [0, 0.1) is 5.92 Å². The van der Waals surface area contributed by atoms with Gasteiger partial charge in [-0.05, 0) is 44.4 Å². The van der Waals surface area contributed by atoms with Crippen LogP contribution in [0.4, 0.5) is 9.18 Å². The fourth-order valence-electron chi connectivity index (χ4n) is 5.42. The standard InChI is InChI=1S/C24H39FN6O2/c25-19-8-6-18(7-9-19)16-30-17-27-14-21(30)10-11-28-23(32)22-15-26-12-13-31(22)24(33)29-20-4-2-1-3-5-20/h14,17-20,22,26H,1-13,15-16H2,(H,28,32)(H,29,33)/t18?,19?,22-/m1/s1. The third-order valence-electron chi connectivity index (χ3n) is 7.45. The molecule has 1 aromatic rings. The average Bonchev–Trinajstić information content (AvgIpc) is 3.28. The van der Waals surface area contributed by atoms with E-state index in [0.717, 1.165) is 50.8 Å². The van der Waals surface area contributed by atoms with E-state index in [2.05, 4.69) is 25.5 Å². The Bertz CT molecular complexity index is 773. The summed E-state index contributed by atoms with van der Waals surface area (Å²) in [5.74, 6) is 0.373. The zero-order chi connectivity index (χ0) is 23.0. The monoisotopic (exact) mass is 462 g/mol. The molecule has 4 rings (SSSR count). The molecule has 9 heteroatoms. The van der Waals surface area contributed by atoms with E-state index in [-0.39, 0.29) is 18.0 Å². The normalized spacial score (nSPS) is 26.7. The van der Waals surface area contributed by atoms with E-state index in [1.165, 1.54) is 6.42 Å². The maximum Gasteiger partial charge on any atom is 0.318 e. The van der Waals surface area contributed by atoms with Crippen LogP contribution in [-0.2, 0) is 17.8 Å². The van der Waals surface area contributed by atoms with Crippen molar-refractivity contribution in [2.45, 2.75) is 89.0 Å². The molecular weight excluding hydrogens is 423 g/mol. The quantitative estimate of drug-likeness (QED) is 0.580. The number of imidazole rings is 1. The predicted octanol–water partition coefficient (Wildman–Crippen LogP) is 2.39. The molecule has 3 fully saturated rings. The summed E-state index contributed by atoms with van der Waals surface area (Å²) in [6.07, 6.45) is 12.5. The van der Waals surface area contributed by atoms with E-state index in [4.69, 9.17) is 0 Å². The van der Waals surface area contributed by atoms with E-state index < -0.39 is 12.2 Å². The first-order valence-corrected chi connectivity index (χ1v) is 12.8. The summed E-state index contributed by atoms with van der Waals surface area (Å²) in [6.45, 7) is 3.06. The van der Waals surface area contributed by atoms with E-state index in [9.17, 15) is 14.0 Å². The van der Waals surface area contributed by atoms with E-state index in [0.29, 0.717) is 51.4 Å². The molecular formula is C24H39FN6O2. The molecule has 1 atom stereocenters. The number of hydrogen-bond acceptors (Lipinski definition) is 4. The lowest BCUT2D eigenvalue weighted by Gasteiger charge is -2.36. The first kappa shape index (κ1) is 24.0. The van der Waals surface area contributed by atoms with Crippen LogP contribution in [0.25, 0.3) is 0 Å². The second-order valence-corrected chi connectivity index (χ2v) is 9.89. The van der Waals surface area contributed by atoms with Gasteiger partial charge in [0.15, 0.2) is 0 Å². The first-order valence-electron chi connectivity index (χ1n) is 12.8. The number of carbonyl (C=O) groups excluding carboxylic acids is 2. The van der Waals surface area contributed by atoms with Crippen LogP contribution < -0.4 is 16.0 Å². The van der Waals surface area contributed by atoms with Gasteiger partial charge in [0.25, 0.3) is 0 Å². The molecule has 184 valence electrons. The number of nitrogens with one attached hydrogen (secondary N) is 3. The van der Waals surface area contributed by atoms with Crippen LogP contribution >= 0.6 is 0 Å². The summed E-state index contributed by atoms with van der Waals surface area (Å²) in [5, 5.41) is 9.41. The Morgan fingerprint density at radius 1 is 1.12 bits per heavy atom. The molecule has 1 aromatic heterocycles. The van der Waals surface area contributed by atoms with Gasteiger partial charge in [-0.2, -0.15) is 0 Å². The highest BCUT2D eigenvalue weighted by Crippen LogP contribution is 2.27. The number of urea groups is 1. The van der Waals surface area contributed by atoms with Gasteiger partial charge < -0.3 is 25.4 Å². The van der Waals surface area contributed by atoms with Gasteiger partial charge in [0.05, 0.1) is 6.33 Å². The van der Waals surface area contributed by atoms with E-state index in [1.807, 2.05) is 12.5 Å². The van der Waals surface area contributed by atoms with Crippen molar-refractivity contribution in [1.82, 2.24) is 30.4 Å². The molecule has 3 N–H and O–H groups in total. The highest BCUT2D eigenvalue weighted by Gasteiger charge is 2.33. The van der Waals surface area contributed by atoms with Crippen LogP contribution in [0.1, 0.15) is 63.5 Å². The van der Waals surface area contributed by atoms with Gasteiger partial charge in [-0.1, -0.05) is 19.3 Å². The minimum Gasteiger partial charge on any atom is -0.354 e. The molecule has 2 aliphatic carbocycles. The molecule has 0 aromatic carbocycles. The van der Waals surface area contributed by atoms with Crippen molar-refractivity contribution in [2.75, 3.05) is 26.2 Å². The number of nitrogens with zero attached hydrogens (tertiary/aromatic N) is 3. The lowest BCUT2D eigenvalue weighted by Crippen LogP contribution is -2.62. The van der Waals surface area contributed by atoms with Crippen LogP contribution in [0.5, 0.6) is 0 Å². The maximum atomic E-state index is 13.4. The summed E-state index contributed by atoms with van der Waals surface area (Å²) < 4.78 is 15.6. The Balaban J connectivity index is 1.25. The smallest absolute Gasteiger partial charge is 0.318 e. The molecule has 0 bridgehead atoms. The largest absolute Gasteiger partial charge is 0.354 e. The Kier molecular flexibility index (Phi) is 8.58. The number of carbonyl (C=O) groups is 2. The SMILES string of the molecule is O=C(NCCc1cncn1CC1CCC(F)CC1)[C@H]1CNCCN1C(=O)NC1CCCCC1. The second kappa shape index (κ2) is 11.8. The molecule has 33 heavy (non-hydrogen) atoms. The number of piperazine rings is 1. The zero-order valence-corrected chi connectivity index (χ0v) is 19.6. The van der Waals surface area contributed by atoms with Crippen LogP contribution in [0.2, 0.25) is 0 Å². The van der Waals surface area contributed by atoms with Crippen molar-refractivity contribution >= 4 is 11.9 Å². The first-order chi connectivity index (χ1) is 16.1. The van der Waals surface area contributed by atoms with Crippen molar-refractivity contribution in [3.63, 3.8) is 0 Å². The summed E-state index contributed by atoms with van der Waals surface area (Å²) in [5.41, 5.74) is 1.08. The molecule has 1 aliphatic heterocycles. The lowest BCUT2D eigenvalue weighted by molar-refractivity contribution is -0.125. The van der Waals surface area contributed by atoms with Gasteiger partial charge in [0.2, 0.25) is 5.91 Å². The lowest BCUT2D eigenvalue weighted by atomic mass is 9.88. The number of aromatic nitrogens is 2. The van der Waals surface area contributed by atoms with Gasteiger partial charge in [-0.3, -0.25) is 4.79 Å². The zero-order valence-electron chi connectivity index (χ0n) is 19.6. The minimum atomic E-state index is -0.641. The van der Waals surface area contributed by atoms with E-state index in [1.54, 1.807) is 4.90 Å². The molecule has 2 heterocycles. The molecule has 1 saturated heterocycles. The highest BCUT2D eigenvalue weighted by atomic mass is 19.1. The van der Waals surface area contributed by atoms with Crippen molar-refractivity contribution in [1.29, 1.82) is 0 Å². The van der Waals surface area contributed by atoms with Gasteiger partial charge in [0, 0.05) is 57.1 Å². The van der Waals surface area contributed by atoms with Crippen LogP contribution in [-0.4, -0.2) is 70.8 Å². The number of hydrogen-bond donors (Lipinski definition) is 3. The van der Waals surface area contributed by atoms with Gasteiger partial charge in [-0.25, -0.2) is 14.2 Å². The molecule has 3 aliphatic rings. The van der Waals surface area contributed by atoms with Crippen LogP contribution in [0.15, 0.2) is 12.5 Å². The summed E-state index contributed by atoms with van der Waals surface area (Å²) in [6, 6.07) is -0.391. The molecule has 0 spiro atoms. The molecule has 2 saturated carbocycles. The second-order valence-electron chi connectivity index (χ2n) is 9.89. The topological polar surface area (TPSA) is 91.3 Å². The Morgan fingerprint density at radius 3 is 2.70 bits per heavy atom. The molecule has 3 amide bonds. The number of alkyl halides is 1. The van der Waals surface area contributed by atoms with Gasteiger partial charge in [-0.15, -0.1) is 0 Å². The fraction of sp³-hybridized carbons (Fsp3) is 0.792. The molecule has 8 nitrogen and oxygen atoms in total. The van der Waals surface area contributed by atoms with Crippen molar-refractivity contribution in [3.05, 3.63) is 18.2 Å².